The van der Waals surface area contributed by atoms with Gasteiger partial charge in [-0.15, -0.1) is 0 Å². The first kappa shape index (κ1) is 17.5. The number of sulfone groups is 1. The average Bonchev–Trinajstić information content (AvgIpc) is 2.81. The van der Waals surface area contributed by atoms with Gasteiger partial charge in [0, 0.05) is 24.4 Å². The van der Waals surface area contributed by atoms with Crippen LogP contribution in [0.3, 0.4) is 0 Å². The molecule has 1 aliphatic rings. The Kier molecular flexibility index (Phi) is 4.52. The fourth-order valence-corrected chi connectivity index (χ4v) is 3.70. The quantitative estimate of drug-likeness (QED) is 0.904. The van der Waals surface area contributed by atoms with Crippen molar-refractivity contribution in [1.82, 2.24) is 4.90 Å². The Bertz CT molecular complexity index is 769. The monoisotopic (exact) mass is 339 g/mol. The third kappa shape index (κ3) is 3.24. The molecule has 2 rings (SSSR count). The molecule has 7 heteroatoms. The predicted molar refractivity (Wildman–Crippen MR) is 85.3 cm³/mol. The van der Waals surface area contributed by atoms with E-state index in [-0.39, 0.29) is 10.8 Å². The molecular formula is C16H21NO5S. The number of benzene rings is 1. The number of aryl methyl sites for hydroxylation is 1. The molecule has 0 saturated carbocycles. The SMILES string of the molecule is Cc1cc(S(C)(=O)=O)cc(C(=O)N2CCC(C(=O)O)C2C)c1C. The number of carbonyl (C=O) groups excluding carboxylic acids is 1. The highest BCUT2D eigenvalue weighted by Gasteiger charge is 2.38. The number of aliphatic carboxylic acids is 1. The van der Waals surface area contributed by atoms with E-state index in [0.29, 0.717) is 24.1 Å². The van der Waals surface area contributed by atoms with E-state index in [0.717, 1.165) is 11.8 Å². The lowest BCUT2D eigenvalue weighted by Crippen LogP contribution is -2.38. The Morgan fingerprint density at radius 3 is 2.35 bits per heavy atom. The second kappa shape index (κ2) is 5.96. The Labute approximate surface area is 136 Å². The Hall–Kier alpha value is -1.89. The summed E-state index contributed by atoms with van der Waals surface area (Å²) in [4.78, 5) is 25.6. The molecule has 1 saturated heterocycles. The number of hydrogen-bond acceptors (Lipinski definition) is 4. The zero-order chi connectivity index (χ0) is 17.5. The minimum absolute atomic E-state index is 0.102. The molecule has 2 unspecified atom stereocenters. The third-order valence-corrected chi connectivity index (χ3v) is 5.72. The summed E-state index contributed by atoms with van der Waals surface area (Å²) in [6, 6.07) is 2.53. The molecule has 6 nitrogen and oxygen atoms in total. The van der Waals surface area contributed by atoms with Gasteiger partial charge >= 0.3 is 5.97 Å². The van der Waals surface area contributed by atoms with Gasteiger partial charge in [0.15, 0.2) is 9.84 Å². The molecule has 1 heterocycles. The van der Waals surface area contributed by atoms with Crippen LogP contribution in [0.15, 0.2) is 17.0 Å². The molecule has 0 bridgehead atoms. The van der Waals surface area contributed by atoms with Crippen molar-refractivity contribution in [3.63, 3.8) is 0 Å². The lowest BCUT2D eigenvalue weighted by atomic mass is 10.0. The van der Waals surface area contributed by atoms with Crippen molar-refractivity contribution in [1.29, 1.82) is 0 Å². The molecule has 1 aromatic rings. The van der Waals surface area contributed by atoms with Crippen LogP contribution in [0.1, 0.15) is 34.8 Å². The van der Waals surface area contributed by atoms with Crippen molar-refractivity contribution in [2.75, 3.05) is 12.8 Å². The van der Waals surface area contributed by atoms with Crippen molar-refractivity contribution in [3.8, 4) is 0 Å². The number of amides is 1. The van der Waals surface area contributed by atoms with Gasteiger partial charge in [-0.25, -0.2) is 8.42 Å². The van der Waals surface area contributed by atoms with Gasteiger partial charge in [0.1, 0.15) is 0 Å². The van der Waals surface area contributed by atoms with Crippen molar-refractivity contribution < 1.29 is 23.1 Å². The first-order valence-corrected chi connectivity index (χ1v) is 9.28. The van der Waals surface area contributed by atoms with E-state index in [4.69, 9.17) is 0 Å². The molecule has 23 heavy (non-hydrogen) atoms. The van der Waals surface area contributed by atoms with E-state index in [9.17, 15) is 23.1 Å². The maximum Gasteiger partial charge on any atom is 0.308 e. The highest BCUT2D eigenvalue weighted by Crippen LogP contribution is 2.28. The van der Waals surface area contributed by atoms with E-state index in [1.807, 2.05) is 0 Å². The molecule has 1 N–H and O–H groups in total. The Morgan fingerprint density at radius 1 is 1.26 bits per heavy atom. The van der Waals surface area contributed by atoms with Crippen molar-refractivity contribution in [2.24, 2.45) is 5.92 Å². The van der Waals surface area contributed by atoms with Gasteiger partial charge in [0.05, 0.1) is 10.8 Å². The van der Waals surface area contributed by atoms with E-state index in [1.165, 1.54) is 11.0 Å². The van der Waals surface area contributed by atoms with E-state index in [2.05, 4.69) is 0 Å². The molecule has 1 amide bonds. The van der Waals surface area contributed by atoms with Gasteiger partial charge in [0.2, 0.25) is 0 Å². The van der Waals surface area contributed by atoms with E-state index in [1.54, 1.807) is 26.8 Å². The number of carbonyl (C=O) groups is 2. The summed E-state index contributed by atoms with van der Waals surface area (Å²) in [5, 5.41) is 9.19. The molecular weight excluding hydrogens is 318 g/mol. The number of nitrogens with zero attached hydrogens (tertiary/aromatic N) is 1. The van der Waals surface area contributed by atoms with Crippen LogP contribution in [-0.2, 0) is 14.6 Å². The van der Waals surface area contributed by atoms with Gasteiger partial charge < -0.3 is 10.0 Å². The van der Waals surface area contributed by atoms with Crippen molar-refractivity contribution in [3.05, 3.63) is 28.8 Å². The zero-order valence-electron chi connectivity index (χ0n) is 13.7. The zero-order valence-corrected chi connectivity index (χ0v) is 14.5. The summed E-state index contributed by atoms with van der Waals surface area (Å²) in [5.41, 5.74) is 1.76. The molecule has 0 aliphatic carbocycles. The standard InChI is InChI=1S/C16H21NO5S/c1-9-7-12(23(4,21)22)8-14(10(9)2)15(18)17-6-5-13(11(17)3)16(19)20/h7-8,11,13H,5-6H2,1-4H3,(H,19,20). The van der Waals surface area contributed by atoms with Crippen LogP contribution in [0.2, 0.25) is 0 Å². The molecule has 0 radical (unpaired) electrons. The van der Waals surface area contributed by atoms with Crippen LogP contribution in [0, 0.1) is 19.8 Å². The smallest absolute Gasteiger partial charge is 0.308 e. The maximum atomic E-state index is 12.8. The van der Waals surface area contributed by atoms with Gasteiger partial charge in [-0.1, -0.05) is 0 Å². The van der Waals surface area contributed by atoms with Crippen molar-refractivity contribution in [2.45, 2.75) is 38.1 Å². The lowest BCUT2D eigenvalue weighted by molar-refractivity contribution is -0.142. The van der Waals surface area contributed by atoms with Crippen LogP contribution in [0.4, 0.5) is 0 Å². The van der Waals surface area contributed by atoms with Gasteiger partial charge in [-0.3, -0.25) is 9.59 Å². The summed E-state index contributed by atoms with van der Waals surface area (Å²) in [6.07, 6.45) is 1.51. The number of hydrogen-bond donors (Lipinski definition) is 1. The molecule has 1 aliphatic heterocycles. The normalized spacial score (nSPS) is 21.5. The Morgan fingerprint density at radius 2 is 1.87 bits per heavy atom. The molecule has 0 aromatic heterocycles. The average molecular weight is 339 g/mol. The predicted octanol–water partition coefficient (Wildman–Crippen LogP) is 1.64. The third-order valence-electron chi connectivity index (χ3n) is 4.63. The highest BCUT2D eigenvalue weighted by molar-refractivity contribution is 7.90. The van der Waals surface area contributed by atoms with Gasteiger partial charge in [-0.05, 0) is 50.5 Å². The minimum Gasteiger partial charge on any atom is -0.481 e. The first-order valence-electron chi connectivity index (χ1n) is 7.39. The number of carboxylic acids is 1. The fraction of sp³-hybridized carbons (Fsp3) is 0.500. The molecule has 1 fully saturated rings. The summed E-state index contributed by atoms with van der Waals surface area (Å²) < 4.78 is 23.6. The van der Waals surface area contributed by atoms with Gasteiger partial charge in [0.25, 0.3) is 5.91 Å². The fourth-order valence-electron chi connectivity index (χ4n) is 2.97. The number of carboxylic acid groups (broad SMARTS) is 1. The topological polar surface area (TPSA) is 91.8 Å². The first-order chi connectivity index (χ1) is 10.5. The van der Waals surface area contributed by atoms with Crippen LogP contribution >= 0.6 is 0 Å². The second-order valence-electron chi connectivity index (χ2n) is 6.16. The number of likely N-dealkylation sites (tertiary alicyclic amines) is 1. The maximum absolute atomic E-state index is 12.8. The molecule has 2 atom stereocenters. The van der Waals surface area contributed by atoms with Crippen molar-refractivity contribution >= 4 is 21.7 Å². The largest absolute Gasteiger partial charge is 0.481 e. The minimum atomic E-state index is -3.42. The summed E-state index contributed by atoms with van der Waals surface area (Å²) in [6.45, 7) is 5.60. The molecule has 126 valence electrons. The lowest BCUT2D eigenvalue weighted by Gasteiger charge is -2.24. The Balaban J connectivity index is 2.44. The van der Waals surface area contributed by atoms with Crippen LogP contribution in [0.25, 0.3) is 0 Å². The second-order valence-corrected chi connectivity index (χ2v) is 8.17. The summed E-state index contributed by atoms with van der Waals surface area (Å²) in [5.74, 6) is -1.81. The summed E-state index contributed by atoms with van der Waals surface area (Å²) >= 11 is 0. The molecule has 1 aromatic carbocycles. The van der Waals surface area contributed by atoms with Gasteiger partial charge in [-0.2, -0.15) is 0 Å². The van der Waals surface area contributed by atoms with Crippen LogP contribution < -0.4 is 0 Å². The molecule has 0 spiro atoms. The van der Waals surface area contributed by atoms with E-state index >= 15 is 0 Å². The van der Waals surface area contributed by atoms with Crippen LogP contribution in [0.5, 0.6) is 0 Å². The number of rotatable bonds is 3. The van der Waals surface area contributed by atoms with Crippen LogP contribution in [-0.4, -0.2) is 49.1 Å². The summed E-state index contributed by atoms with van der Waals surface area (Å²) in [7, 11) is -3.42. The van der Waals surface area contributed by atoms with E-state index < -0.39 is 27.8 Å². The highest BCUT2D eigenvalue weighted by atomic mass is 32.2.